The maximum atomic E-state index is 6.07. The van der Waals surface area contributed by atoms with Crippen molar-refractivity contribution < 1.29 is 4.74 Å². The van der Waals surface area contributed by atoms with E-state index in [-0.39, 0.29) is 0 Å². The van der Waals surface area contributed by atoms with Gasteiger partial charge >= 0.3 is 0 Å². The Morgan fingerprint density at radius 1 is 1.00 bits per heavy atom. The largest absolute Gasteiger partial charge is 0.457 e. The van der Waals surface area contributed by atoms with Crippen molar-refractivity contribution in [1.82, 2.24) is 5.32 Å². The average molecular weight is 308 g/mol. The first kappa shape index (κ1) is 13.7. The van der Waals surface area contributed by atoms with Gasteiger partial charge in [-0.25, -0.2) is 0 Å². The highest BCUT2D eigenvalue weighted by Crippen LogP contribution is 2.29. The fraction of sp³-hybridized carbons (Fsp3) is 0.250. The number of hydrogen-bond acceptors (Lipinski definition) is 2. The van der Waals surface area contributed by atoms with Gasteiger partial charge in [-0.05, 0) is 55.3 Å². The lowest BCUT2D eigenvalue weighted by Crippen LogP contribution is -2.15. The second kappa shape index (κ2) is 6.04. The summed E-state index contributed by atoms with van der Waals surface area (Å²) in [7, 11) is 0. The van der Waals surface area contributed by atoms with Crippen LogP contribution in [-0.2, 0) is 6.54 Å². The Kier molecular flexibility index (Phi) is 4.16. The van der Waals surface area contributed by atoms with Crippen molar-refractivity contribution in [2.45, 2.75) is 25.4 Å². The molecule has 0 unspecified atom stereocenters. The predicted molar refractivity (Wildman–Crippen MR) is 82.8 cm³/mol. The van der Waals surface area contributed by atoms with Crippen LogP contribution in [0.4, 0.5) is 0 Å². The molecule has 20 heavy (non-hydrogen) atoms. The number of ether oxygens (including phenoxy) is 1. The molecule has 1 fully saturated rings. The summed E-state index contributed by atoms with van der Waals surface area (Å²) in [5.41, 5.74) is 1.07. The summed E-state index contributed by atoms with van der Waals surface area (Å²) in [6.45, 7) is 0.772. The van der Waals surface area contributed by atoms with Crippen LogP contribution in [0.15, 0.2) is 42.5 Å². The molecule has 0 heterocycles. The van der Waals surface area contributed by atoms with Crippen molar-refractivity contribution in [2.75, 3.05) is 0 Å². The molecule has 0 aliphatic heterocycles. The van der Waals surface area contributed by atoms with Gasteiger partial charge in [-0.15, -0.1) is 0 Å². The number of halogens is 2. The molecule has 1 saturated carbocycles. The maximum absolute atomic E-state index is 6.07. The minimum Gasteiger partial charge on any atom is -0.457 e. The molecular weight excluding hydrogens is 293 g/mol. The van der Waals surface area contributed by atoms with Gasteiger partial charge in [-0.2, -0.15) is 0 Å². The molecule has 1 N–H and O–H groups in total. The molecule has 0 atom stereocenters. The molecule has 2 nitrogen and oxygen atoms in total. The third kappa shape index (κ3) is 3.66. The minimum atomic E-state index is 0.650. The molecule has 0 spiro atoms. The fourth-order valence-electron chi connectivity index (χ4n) is 1.96. The van der Waals surface area contributed by atoms with Gasteiger partial charge in [0.05, 0.1) is 0 Å². The van der Waals surface area contributed by atoms with Crippen LogP contribution in [0.2, 0.25) is 10.0 Å². The zero-order valence-corrected chi connectivity index (χ0v) is 12.4. The van der Waals surface area contributed by atoms with E-state index in [0.717, 1.165) is 28.6 Å². The van der Waals surface area contributed by atoms with E-state index < -0.39 is 0 Å². The van der Waals surface area contributed by atoms with Crippen LogP contribution in [0, 0.1) is 0 Å². The predicted octanol–water partition coefficient (Wildman–Crippen LogP) is 5.04. The molecule has 104 valence electrons. The number of hydrogen-bond donors (Lipinski definition) is 1. The van der Waals surface area contributed by atoms with Gasteiger partial charge in [0.1, 0.15) is 11.5 Å². The normalized spacial score (nSPS) is 14.3. The molecule has 2 aromatic carbocycles. The molecule has 4 heteroatoms. The van der Waals surface area contributed by atoms with E-state index in [9.17, 15) is 0 Å². The topological polar surface area (TPSA) is 21.3 Å². The first-order valence-corrected chi connectivity index (χ1v) is 7.41. The molecule has 0 amide bonds. The van der Waals surface area contributed by atoms with Gasteiger partial charge in [0.2, 0.25) is 0 Å². The second-order valence-electron chi connectivity index (χ2n) is 4.96. The summed E-state index contributed by atoms with van der Waals surface area (Å²) in [4.78, 5) is 0. The Hall–Kier alpha value is -1.22. The van der Waals surface area contributed by atoms with Crippen molar-refractivity contribution in [3.8, 4) is 11.5 Å². The van der Waals surface area contributed by atoms with Gasteiger partial charge in [0.25, 0.3) is 0 Å². The fourth-order valence-corrected chi connectivity index (χ4v) is 2.28. The third-order valence-electron chi connectivity index (χ3n) is 3.22. The molecule has 0 aromatic heterocycles. The van der Waals surface area contributed by atoms with E-state index in [0.29, 0.717) is 11.1 Å². The van der Waals surface area contributed by atoms with Crippen LogP contribution in [0.1, 0.15) is 18.4 Å². The molecule has 0 bridgehead atoms. The Balaban J connectivity index is 1.77. The van der Waals surface area contributed by atoms with E-state index >= 15 is 0 Å². The van der Waals surface area contributed by atoms with Gasteiger partial charge in [-0.1, -0.05) is 23.2 Å². The molecule has 0 saturated heterocycles. The third-order valence-corrected chi connectivity index (χ3v) is 3.71. The van der Waals surface area contributed by atoms with E-state index in [4.69, 9.17) is 27.9 Å². The molecule has 3 rings (SSSR count). The van der Waals surface area contributed by atoms with Gasteiger partial charge in [0.15, 0.2) is 0 Å². The summed E-state index contributed by atoms with van der Waals surface area (Å²) >= 11 is 11.9. The molecule has 1 aliphatic carbocycles. The summed E-state index contributed by atoms with van der Waals surface area (Å²) in [6.07, 6.45) is 2.52. The van der Waals surface area contributed by atoms with E-state index in [1.807, 2.05) is 42.5 Å². The van der Waals surface area contributed by atoms with E-state index in [1.54, 1.807) is 0 Å². The highest BCUT2D eigenvalue weighted by Gasteiger charge is 2.20. The van der Waals surface area contributed by atoms with Crippen LogP contribution >= 0.6 is 23.2 Å². The number of benzene rings is 2. The number of nitrogens with one attached hydrogen (secondary N) is 1. The van der Waals surface area contributed by atoms with Crippen molar-refractivity contribution in [2.24, 2.45) is 0 Å². The Labute approximate surface area is 128 Å². The zero-order chi connectivity index (χ0) is 13.9. The van der Waals surface area contributed by atoms with Crippen molar-refractivity contribution in [1.29, 1.82) is 0 Å². The van der Waals surface area contributed by atoms with Crippen molar-refractivity contribution in [3.63, 3.8) is 0 Å². The lowest BCUT2D eigenvalue weighted by atomic mass is 10.2. The highest BCUT2D eigenvalue weighted by atomic mass is 35.5. The molecular formula is C16H15Cl2NO. The average Bonchev–Trinajstić information content (AvgIpc) is 3.25. The Morgan fingerprint density at radius 2 is 1.70 bits per heavy atom. The lowest BCUT2D eigenvalue weighted by molar-refractivity contribution is 0.472. The van der Waals surface area contributed by atoms with E-state index in [1.165, 1.54) is 12.8 Å². The Bertz CT molecular complexity index is 594. The SMILES string of the molecule is Clc1ccc(Oc2ccc(Cl)cc2CNC2CC2)cc1. The lowest BCUT2D eigenvalue weighted by Gasteiger charge is -2.12. The zero-order valence-electron chi connectivity index (χ0n) is 10.9. The molecule has 1 aliphatic rings. The van der Waals surface area contributed by atoms with Crippen LogP contribution < -0.4 is 10.1 Å². The van der Waals surface area contributed by atoms with Gasteiger partial charge < -0.3 is 10.1 Å². The monoisotopic (exact) mass is 307 g/mol. The molecule has 0 radical (unpaired) electrons. The van der Waals surface area contributed by atoms with Crippen LogP contribution in [0.5, 0.6) is 11.5 Å². The summed E-state index contributed by atoms with van der Waals surface area (Å²) in [6, 6.07) is 13.7. The molecule has 2 aromatic rings. The van der Waals surface area contributed by atoms with Crippen LogP contribution in [0.25, 0.3) is 0 Å². The number of rotatable bonds is 5. The second-order valence-corrected chi connectivity index (χ2v) is 5.84. The summed E-state index contributed by atoms with van der Waals surface area (Å²) in [5.74, 6) is 1.59. The van der Waals surface area contributed by atoms with Crippen LogP contribution in [0.3, 0.4) is 0 Å². The smallest absolute Gasteiger partial charge is 0.132 e. The Morgan fingerprint density at radius 3 is 2.40 bits per heavy atom. The first-order valence-electron chi connectivity index (χ1n) is 6.66. The van der Waals surface area contributed by atoms with Crippen molar-refractivity contribution in [3.05, 3.63) is 58.1 Å². The highest BCUT2D eigenvalue weighted by molar-refractivity contribution is 6.30. The summed E-state index contributed by atoms with van der Waals surface area (Å²) < 4.78 is 5.91. The van der Waals surface area contributed by atoms with Gasteiger partial charge in [0, 0.05) is 28.2 Å². The summed E-state index contributed by atoms with van der Waals surface area (Å²) in [5, 5.41) is 4.90. The van der Waals surface area contributed by atoms with Crippen molar-refractivity contribution >= 4 is 23.2 Å². The quantitative estimate of drug-likeness (QED) is 0.835. The minimum absolute atomic E-state index is 0.650. The first-order chi connectivity index (χ1) is 9.70. The standard InChI is InChI=1S/C16H15Cl2NO/c17-12-1-6-15(7-2-12)20-16-8-3-13(18)9-11(16)10-19-14-4-5-14/h1-3,6-9,14,19H,4-5,10H2. The van der Waals surface area contributed by atoms with Gasteiger partial charge in [-0.3, -0.25) is 0 Å². The maximum Gasteiger partial charge on any atom is 0.132 e. The van der Waals surface area contributed by atoms with Crippen LogP contribution in [-0.4, -0.2) is 6.04 Å². The van der Waals surface area contributed by atoms with E-state index in [2.05, 4.69) is 5.32 Å².